The lowest BCUT2D eigenvalue weighted by molar-refractivity contribution is -0.211. The monoisotopic (exact) mass is 550 g/mol. The van der Waals surface area contributed by atoms with Crippen LogP contribution in [-0.4, -0.2) is 101 Å². The first-order valence-electron chi connectivity index (χ1n) is 10.1. The Balaban J connectivity index is 2.08. The number of nitrogens with one attached hydrogen (secondary N) is 1. The van der Waals surface area contributed by atoms with Crippen LogP contribution in [0.4, 0.5) is 0 Å². The normalized spacial score (nSPS) is 31.2. The SMILES string of the molecule is CC(O)[C@@H](COP(=O)(O)OP(=O)(O)[C@H]1OC(CO)[C@H](O)C(O)C1O)O[C@H](C)n1ccc(=O)[nH]c1=O. The van der Waals surface area contributed by atoms with Crippen LogP contribution in [-0.2, 0) is 27.4 Å². The van der Waals surface area contributed by atoms with Gasteiger partial charge in [-0.25, -0.2) is 13.7 Å². The lowest BCUT2D eigenvalue weighted by Crippen LogP contribution is -2.58. The number of H-pyrrole nitrogens is 1. The van der Waals surface area contributed by atoms with E-state index in [4.69, 9.17) is 14.6 Å². The minimum absolute atomic E-state index is 0.667. The summed E-state index contributed by atoms with van der Waals surface area (Å²) < 4.78 is 45.0. The van der Waals surface area contributed by atoms with E-state index in [1.54, 1.807) is 0 Å². The van der Waals surface area contributed by atoms with E-state index in [2.05, 4.69) is 8.83 Å². The fourth-order valence-corrected chi connectivity index (χ4v) is 6.01. The second-order valence-electron chi connectivity index (χ2n) is 7.66. The number of rotatable bonds is 11. The summed E-state index contributed by atoms with van der Waals surface area (Å²) in [6.07, 6.45) is -10.5. The molecule has 8 N–H and O–H groups in total. The molecule has 2 rings (SSSR count). The summed E-state index contributed by atoms with van der Waals surface area (Å²) in [4.78, 5) is 45.0. The van der Waals surface area contributed by atoms with Gasteiger partial charge in [0, 0.05) is 12.3 Å². The lowest BCUT2D eigenvalue weighted by Gasteiger charge is -2.40. The van der Waals surface area contributed by atoms with Gasteiger partial charge in [-0.05, 0) is 13.8 Å². The predicted molar refractivity (Wildman–Crippen MR) is 113 cm³/mol. The minimum Gasteiger partial charge on any atom is -0.394 e. The highest BCUT2D eigenvalue weighted by atomic mass is 31.3. The summed E-state index contributed by atoms with van der Waals surface area (Å²) in [5.74, 6) is -2.34. The van der Waals surface area contributed by atoms with Crippen molar-refractivity contribution in [3.63, 3.8) is 0 Å². The predicted octanol–water partition coefficient (Wildman–Crippen LogP) is -3.06. The average Bonchev–Trinajstić information content (AvgIpc) is 2.73. The van der Waals surface area contributed by atoms with Crippen LogP contribution in [0, 0.1) is 0 Å². The number of ether oxygens (including phenoxy) is 2. The highest BCUT2D eigenvalue weighted by Crippen LogP contribution is 2.64. The molecule has 17 nitrogen and oxygen atoms in total. The van der Waals surface area contributed by atoms with Gasteiger partial charge in [-0.2, -0.15) is 0 Å². The molecule has 1 aromatic rings. The average molecular weight is 550 g/mol. The molecule has 10 atom stereocenters. The Labute approximate surface area is 197 Å². The third-order valence-corrected chi connectivity index (χ3v) is 8.27. The molecule has 0 radical (unpaired) electrons. The third-order valence-electron chi connectivity index (χ3n) is 4.96. The number of aliphatic hydroxyl groups is 5. The van der Waals surface area contributed by atoms with Crippen LogP contribution in [0.25, 0.3) is 0 Å². The number of aromatic amines is 1. The van der Waals surface area contributed by atoms with Crippen LogP contribution in [0.1, 0.15) is 20.1 Å². The molecule has 1 fully saturated rings. The highest BCUT2D eigenvalue weighted by molar-refractivity contribution is 7.64. The van der Waals surface area contributed by atoms with Gasteiger partial charge in [-0.15, -0.1) is 0 Å². The highest BCUT2D eigenvalue weighted by Gasteiger charge is 2.54. The maximum Gasteiger partial charge on any atom is 0.479 e. The first kappa shape index (κ1) is 29.9. The molecule has 1 aliphatic rings. The Morgan fingerprint density at radius 1 is 1.14 bits per heavy atom. The molecular weight excluding hydrogens is 522 g/mol. The number of hydrogen-bond acceptors (Lipinski definition) is 13. The summed E-state index contributed by atoms with van der Waals surface area (Å²) in [5.41, 5.74) is -1.51. The first-order chi connectivity index (χ1) is 16.1. The Hall–Kier alpha value is -1.30. The van der Waals surface area contributed by atoms with Gasteiger partial charge in [0.25, 0.3) is 5.56 Å². The molecule has 1 aliphatic heterocycles. The first-order valence-corrected chi connectivity index (χ1v) is 13.2. The molecular formula is C16H28N2O15P2. The van der Waals surface area contributed by atoms with Crippen LogP contribution in [0.3, 0.4) is 0 Å². The summed E-state index contributed by atoms with van der Waals surface area (Å²) in [6, 6.07) is 1.03. The molecule has 35 heavy (non-hydrogen) atoms. The van der Waals surface area contributed by atoms with Gasteiger partial charge >= 0.3 is 21.1 Å². The molecule has 1 aromatic heterocycles. The van der Waals surface area contributed by atoms with E-state index in [9.17, 15) is 48.9 Å². The maximum atomic E-state index is 12.5. The van der Waals surface area contributed by atoms with Crippen molar-refractivity contribution in [1.82, 2.24) is 9.55 Å². The molecule has 0 bridgehead atoms. The van der Waals surface area contributed by atoms with Crippen molar-refractivity contribution in [3.8, 4) is 0 Å². The van der Waals surface area contributed by atoms with Crippen LogP contribution in [0.2, 0.25) is 0 Å². The fourth-order valence-electron chi connectivity index (χ4n) is 3.06. The standard InChI is InChI=1S/C16H28N2O15P2/c1-7(20)10(31-8(2)18-4-3-11(21)17-16(18)25)6-30-35(28,29)33-34(26,27)15-14(24)13(23)12(22)9(5-19)32-15/h3-4,7-10,12-15,19-20,22-24H,5-6H2,1-2H3,(H,26,27)(H,28,29)(H,17,21,25)/t7?,8-,9?,10-,12+,13?,14?,15-/m1/s1. The molecule has 0 aromatic carbocycles. The number of aromatic nitrogens is 2. The van der Waals surface area contributed by atoms with E-state index in [-0.39, 0.29) is 0 Å². The van der Waals surface area contributed by atoms with E-state index in [1.165, 1.54) is 13.8 Å². The number of phosphoric ester groups is 1. The smallest absolute Gasteiger partial charge is 0.394 e. The van der Waals surface area contributed by atoms with Crippen LogP contribution in [0.5, 0.6) is 0 Å². The van der Waals surface area contributed by atoms with Crippen LogP contribution >= 0.6 is 15.4 Å². The van der Waals surface area contributed by atoms with Crippen molar-refractivity contribution in [2.75, 3.05) is 13.2 Å². The van der Waals surface area contributed by atoms with Crippen molar-refractivity contribution in [2.45, 2.75) is 62.5 Å². The zero-order valence-corrected chi connectivity index (χ0v) is 20.2. The van der Waals surface area contributed by atoms with Gasteiger partial charge < -0.3 is 44.8 Å². The van der Waals surface area contributed by atoms with Gasteiger partial charge in [-0.3, -0.25) is 23.4 Å². The molecule has 202 valence electrons. The summed E-state index contributed by atoms with van der Waals surface area (Å²) in [5, 5.41) is 48.5. The topological polar surface area (TPSA) is 268 Å². The van der Waals surface area contributed by atoms with Crippen molar-refractivity contribution >= 4 is 15.4 Å². The van der Waals surface area contributed by atoms with E-state index in [0.717, 1.165) is 16.8 Å². The maximum absolute atomic E-state index is 12.5. The van der Waals surface area contributed by atoms with Crippen molar-refractivity contribution in [2.24, 2.45) is 0 Å². The second-order valence-corrected chi connectivity index (χ2v) is 11.1. The van der Waals surface area contributed by atoms with Gasteiger partial charge in [0.15, 0.2) is 5.85 Å². The van der Waals surface area contributed by atoms with Gasteiger partial charge in [0.2, 0.25) is 0 Å². The van der Waals surface area contributed by atoms with E-state index >= 15 is 0 Å². The Bertz CT molecular complexity index is 1060. The second kappa shape index (κ2) is 11.8. The number of hydrogen-bond donors (Lipinski definition) is 8. The number of aliphatic hydroxyl groups excluding tert-OH is 5. The van der Waals surface area contributed by atoms with Crippen molar-refractivity contribution < 1.29 is 62.8 Å². The molecule has 2 heterocycles. The third kappa shape index (κ3) is 7.60. The number of phosphoric acid groups is 1. The molecule has 0 saturated carbocycles. The molecule has 6 unspecified atom stereocenters. The lowest BCUT2D eigenvalue weighted by atomic mass is 10.0. The minimum atomic E-state index is -5.41. The molecule has 0 amide bonds. The van der Waals surface area contributed by atoms with Crippen LogP contribution < -0.4 is 11.2 Å². The largest absolute Gasteiger partial charge is 0.479 e. The van der Waals surface area contributed by atoms with E-state index in [1.807, 2.05) is 4.98 Å². The van der Waals surface area contributed by atoms with E-state index in [0.29, 0.717) is 0 Å². The molecule has 19 heteroatoms. The van der Waals surface area contributed by atoms with E-state index < -0.39 is 88.6 Å². The van der Waals surface area contributed by atoms with Gasteiger partial charge in [0.05, 0.1) is 19.3 Å². The zero-order chi connectivity index (χ0) is 26.7. The quantitative estimate of drug-likeness (QED) is 0.127. The molecule has 0 aliphatic carbocycles. The summed E-state index contributed by atoms with van der Waals surface area (Å²) in [6.45, 7) is 0.733. The summed E-state index contributed by atoms with van der Waals surface area (Å²) in [7, 11) is -10.8. The molecule has 0 spiro atoms. The Morgan fingerprint density at radius 2 is 1.77 bits per heavy atom. The zero-order valence-electron chi connectivity index (χ0n) is 18.4. The fraction of sp³-hybridized carbons (Fsp3) is 0.750. The van der Waals surface area contributed by atoms with Gasteiger partial charge in [-0.1, -0.05) is 0 Å². The van der Waals surface area contributed by atoms with Crippen molar-refractivity contribution in [1.29, 1.82) is 0 Å². The Morgan fingerprint density at radius 3 is 2.31 bits per heavy atom. The van der Waals surface area contributed by atoms with Crippen molar-refractivity contribution in [3.05, 3.63) is 33.1 Å². The number of nitrogens with zero attached hydrogens (tertiary/aromatic N) is 1. The van der Waals surface area contributed by atoms with Gasteiger partial charge in [0.1, 0.15) is 36.7 Å². The van der Waals surface area contributed by atoms with Crippen LogP contribution in [0.15, 0.2) is 21.9 Å². The molecule has 1 saturated heterocycles. The summed E-state index contributed by atoms with van der Waals surface area (Å²) >= 11 is 0. The Kier molecular flexibility index (Phi) is 10.1.